The van der Waals surface area contributed by atoms with Crippen molar-refractivity contribution in [1.29, 1.82) is 0 Å². The van der Waals surface area contributed by atoms with Gasteiger partial charge in [-0.15, -0.1) is 0 Å². The van der Waals surface area contributed by atoms with Gasteiger partial charge in [-0.25, -0.2) is 9.59 Å². The van der Waals surface area contributed by atoms with Gasteiger partial charge in [0.15, 0.2) is 0 Å². The molecule has 2 aliphatic heterocycles. The fourth-order valence-electron chi connectivity index (χ4n) is 3.56. The number of carbonyl (C=O) groups is 2. The number of rotatable bonds is 5. The van der Waals surface area contributed by atoms with Crippen LogP contribution < -0.4 is 0 Å². The summed E-state index contributed by atoms with van der Waals surface area (Å²) < 4.78 is 16.6. The molecule has 0 saturated carbocycles. The van der Waals surface area contributed by atoms with Crippen LogP contribution in [-0.2, 0) is 23.8 Å². The summed E-state index contributed by atoms with van der Waals surface area (Å²) in [5.41, 5.74) is 2.65. The number of hydrogen-bond donors (Lipinski definition) is 0. The highest BCUT2D eigenvalue weighted by atomic mass is 79.9. The lowest BCUT2D eigenvalue weighted by molar-refractivity contribution is -0.137. The van der Waals surface area contributed by atoms with E-state index in [0.717, 1.165) is 35.0 Å². The average Bonchev–Trinajstić information content (AvgIpc) is 3.21. The van der Waals surface area contributed by atoms with Crippen LogP contribution in [0.2, 0.25) is 0 Å². The summed E-state index contributed by atoms with van der Waals surface area (Å²) in [4.78, 5) is 27.0. The van der Waals surface area contributed by atoms with Crippen molar-refractivity contribution in [3.8, 4) is 0 Å². The smallest absolute Gasteiger partial charge is 0.336 e. The Kier molecular flexibility index (Phi) is 6.57. The molecule has 6 nitrogen and oxygen atoms in total. The van der Waals surface area contributed by atoms with Gasteiger partial charge >= 0.3 is 11.9 Å². The summed E-state index contributed by atoms with van der Waals surface area (Å²) in [5, 5.41) is 0. The third kappa shape index (κ3) is 4.31. The Labute approximate surface area is 173 Å². The van der Waals surface area contributed by atoms with Gasteiger partial charge in [0.1, 0.15) is 0 Å². The topological polar surface area (TPSA) is 65.1 Å². The van der Waals surface area contributed by atoms with Gasteiger partial charge in [0.25, 0.3) is 0 Å². The highest BCUT2D eigenvalue weighted by molar-refractivity contribution is 9.10. The molecular weight excluding hydrogens is 426 g/mol. The van der Waals surface area contributed by atoms with Crippen molar-refractivity contribution in [3.63, 3.8) is 0 Å². The molecule has 28 heavy (non-hydrogen) atoms. The Morgan fingerprint density at radius 3 is 2.32 bits per heavy atom. The van der Waals surface area contributed by atoms with Gasteiger partial charge in [0.2, 0.25) is 0 Å². The summed E-state index contributed by atoms with van der Waals surface area (Å²) in [7, 11) is 2.68. The molecule has 1 aromatic carbocycles. The van der Waals surface area contributed by atoms with Crippen LogP contribution in [0, 0.1) is 6.92 Å². The molecule has 1 aromatic rings. The van der Waals surface area contributed by atoms with Crippen LogP contribution in [0.1, 0.15) is 29.9 Å². The van der Waals surface area contributed by atoms with E-state index in [-0.39, 0.29) is 6.10 Å². The molecule has 0 aliphatic carbocycles. The molecule has 0 N–H and O–H groups in total. The number of aryl methyl sites for hydroxylation is 1. The van der Waals surface area contributed by atoms with E-state index in [1.165, 1.54) is 14.2 Å². The van der Waals surface area contributed by atoms with Crippen molar-refractivity contribution in [1.82, 2.24) is 4.90 Å². The van der Waals surface area contributed by atoms with E-state index in [1.807, 2.05) is 30.0 Å². The van der Waals surface area contributed by atoms with Crippen molar-refractivity contribution in [3.05, 3.63) is 57.3 Å². The van der Waals surface area contributed by atoms with E-state index in [2.05, 4.69) is 15.9 Å². The summed E-state index contributed by atoms with van der Waals surface area (Å²) in [5.74, 6) is -1.53. The number of benzene rings is 1. The number of esters is 2. The molecule has 1 fully saturated rings. The molecule has 1 saturated heterocycles. The maximum atomic E-state index is 12.6. The molecular formula is C21H24BrNO5. The first-order valence-corrected chi connectivity index (χ1v) is 9.97. The van der Waals surface area contributed by atoms with Crippen LogP contribution in [0.15, 0.2) is 46.2 Å². The van der Waals surface area contributed by atoms with E-state index in [9.17, 15) is 9.59 Å². The summed E-state index contributed by atoms with van der Waals surface area (Å²) >= 11 is 3.53. The third-order valence-corrected chi connectivity index (χ3v) is 5.90. The molecule has 0 amide bonds. The zero-order valence-electron chi connectivity index (χ0n) is 16.2. The molecule has 2 aliphatic rings. The first-order valence-electron chi connectivity index (χ1n) is 9.18. The third-order valence-electron chi connectivity index (χ3n) is 5.04. The first-order chi connectivity index (χ1) is 13.4. The molecule has 0 unspecified atom stereocenters. The zero-order valence-corrected chi connectivity index (χ0v) is 17.8. The molecule has 0 radical (unpaired) electrons. The fourth-order valence-corrected chi connectivity index (χ4v) is 3.96. The Balaban J connectivity index is 2.05. The standard InChI is InChI=1S/C21H24BrNO5/c1-13-6-7-14(9-18(13)22)19-16(20(24)26-2)11-23(10-15-5-4-8-28-15)12-17(19)21(25)27-3/h6-7,9,11-12,15,19H,4-5,8,10H2,1-3H3/t15-/m1/s1. The van der Waals surface area contributed by atoms with Crippen LogP contribution in [0.5, 0.6) is 0 Å². The first kappa shape index (κ1) is 20.6. The maximum absolute atomic E-state index is 12.6. The van der Waals surface area contributed by atoms with Crippen LogP contribution >= 0.6 is 15.9 Å². The van der Waals surface area contributed by atoms with Gasteiger partial charge in [-0.3, -0.25) is 0 Å². The van der Waals surface area contributed by atoms with Crippen LogP contribution in [0.3, 0.4) is 0 Å². The molecule has 0 aromatic heterocycles. The van der Waals surface area contributed by atoms with E-state index < -0.39 is 17.9 Å². The zero-order chi connectivity index (χ0) is 20.3. The quantitative estimate of drug-likeness (QED) is 0.641. The van der Waals surface area contributed by atoms with Gasteiger partial charge < -0.3 is 19.1 Å². The fraction of sp³-hybridized carbons (Fsp3) is 0.429. The van der Waals surface area contributed by atoms with Gasteiger partial charge in [-0.1, -0.05) is 28.1 Å². The van der Waals surface area contributed by atoms with E-state index >= 15 is 0 Å². The minimum atomic E-state index is -0.572. The largest absolute Gasteiger partial charge is 0.466 e. The number of nitrogens with zero attached hydrogens (tertiary/aromatic N) is 1. The van der Waals surface area contributed by atoms with Crippen molar-refractivity contribution in [2.75, 3.05) is 27.4 Å². The number of methoxy groups -OCH3 is 2. The SMILES string of the molecule is COC(=O)C1=CN(C[C@H]2CCCO2)C=C(C(=O)OC)C1c1ccc(C)c(Br)c1. The number of ether oxygens (including phenoxy) is 3. The number of hydrogen-bond acceptors (Lipinski definition) is 6. The minimum absolute atomic E-state index is 0.0652. The molecule has 7 heteroatoms. The van der Waals surface area contributed by atoms with E-state index in [1.54, 1.807) is 12.4 Å². The molecule has 0 spiro atoms. The van der Waals surface area contributed by atoms with Crippen molar-refractivity contribution in [2.45, 2.75) is 31.8 Å². The van der Waals surface area contributed by atoms with Crippen molar-refractivity contribution in [2.24, 2.45) is 0 Å². The Morgan fingerprint density at radius 1 is 1.18 bits per heavy atom. The monoisotopic (exact) mass is 449 g/mol. The molecule has 1 atom stereocenters. The predicted molar refractivity (Wildman–Crippen MR) is 107 cm³/mol. The average molecular weight is 450 g/mol. The van der Waals surface area contributed by atoms with Crippen LogP contribution in [0.25, 0.3) is 0 Å². The van der Waals surface area contributed by atoms with E-state index in [4.69, 9.17) is 14.2 Å². The Bertz CT molecular complexity index is 792. The second-order valence-corrected chi connectivity index (χ2v) is 7.78. The predicted octanol–water partition coefficient (Wildman–Crippen LogP) is 3.45. The summed E-state index contributed by atoms with van der Waals surface area (Å²) in [6.07, 6.45) is 5.53. The second-order valence-electron chi connectivity index (χ2n) is 6.93. The van der Waals surface area contributed by atoms with Crippen LogP contribution in [0.4, 0.5) is 0 Å². The normalized spacial score (nSPS) is 19.9. The number of carbonyl (C=O) groups excluding carboxylic acids is 2. The second kappa shape index (κ2) is 8.92. The number of halogens is 1. The highest BCUT2D eigenvalue weighted by Gasteiger charge is 2.36. The Morgan fingerprint density at radius 2 is 1.82 bits per heavy atom. The summed E-state index contributed by atoms with van der Waals surface area (Å²) in [6.45, 7) is 3.27. The molecule has 0 bridgehead atoms. The maximum Gasteiger partial charge on any atom is 0.336 e. The molecule has 2 heterocycles. The van der Waals surface area contributed by atoms with E-state index in [0.29, 0.717) is 17.7 Å². The van der Waals surface area contributed by atoms with Gasteiger partial charge in [-0.2, -0.15) is 0 Å². The van der Waals surface area contributed by atoms with Gasteiger partial charge in [0, 0.05) is 30.0 Å². The van der Waals surface area contributed by atoms with Gasteiger partial charge in [-0.05, 0) is 37.0 Å². The summed E-state index contributed by atoms with van der Waals surface area (Å²) in [6, 6.07) is 5.78. The molecule has 150 valence electrons. The molecule has 3 rings (SSSR count). The lowest BCUT2D eigenvalue weighted by Gasteiger charge is -2.31. The van der Waals surface area contributed by atoms with Crippen molar-refractivity contribution < 1.29 is 23.8 Å². The lowest BCUT2D eigenvalue weighted by Crippen LogP contribution is -2.32. The van der Waals surface area contributed by atoms with Gasteiger partial charge in [0.05, 0.1) is 37.4 Å². The lowest BCUT2D eigenvalue weighted by atomic mass is 9.83. The minimum Gasteiger partial charge on any atom is -0.466 e. The van der Waals surface area contributed by atoms with Crippen LogP contribution in [-0.4, -0.2) is 50.3 Å². The highest BCUT2D eigenvalue weighted by Crippen LogP contribution is 2.38. The van der Waals surface area contributed by atoms with Crippen molar-refractivity contribution >= 4 is 27.9 Å². The Hall–Kier alpha value is -2.12.